The van der Waals surface area contributed by atoms with Crippen LogP contribution in [0.5, 0.6) is 5.75 Å². The van der Waals surface area contributed by atoms with Crippen LogP contribution in [0.4, 0.5) is 0 Å². The Bertz CT molecular complexity index is 730. The molecule has 2 aromatic carbocycles. The molecular weight excluding hydrogens is 323 g/mol. The van der Waals surface area contributed by atoms with Crippen molar-refractivity contribution >= 4 is 34.8 Å². The zero-order valence-corrected chi connectivity index (χ0v) is 13.3. The van der Waals surface area contributed by atoms with Gasteiger partial charge in [0, 0.05) is 10.6 Å². The maximum atomic E-state index is 12.0. The van der Waals surface area contributed by atoms with Crippen molar-refractivity contribution in [1.29, 1.82) is 0 Å². The molecule has 0 aliphatic heterocycles. The third-order valence-corrected chi connectivity index (χ3v) is 3.57. The standard InChI is InChI=1S/C16H14Cl2N2O2/c1-2-14(11-8-7-10(17)9-13(11)18)19-20-16(22)12-5-3-4-6-15(12)21/h3-9,21H,2H2,1H3,(H,20,22)/b19-14+. The van der Waals surface area contributed by atoms with Crippen molar-refractivity contribution in [2.45, 2.75) is 13.3 Å². The van der Waals surface area contributed by atoms with Crippen molar-refractivity contribution in [2.24, 2.45) is 5.10 Å². The molecule has 1 amide bonds. The highest BCUT2D eigenvalue weighted by Gasteiger charge is 2.11. The molecule has 0 aliphatic carbocycles. The van der Waals surface area contributed by atoms with Gasteiger partial charge in [-0.3, -0.25) is 4.79 Å². The van der Waals surface area contributed by atoms with Crippen LogP contribution in [0, 0.1) is 0 Å². The Balaban J connectivity index is 2.23. The van der Waals surface area contributed by atoms with Gasteiger partial charge in [-0.1, -0.05) is 48.3 Å². The van der Waals surface area contributed by atoms with Crippen molar-refractivity contribution in [3.05, 3.63) is 63.6 Å². The number of hydrazone groups is 1. The summed E-state index contributed by atoms with van der Waals surface area (Å²) >= 11 is 12.0. The Morgan fingerprint density at radius 1 is 1.18 bits per heavy atom. The Morgan fingerprint density at radius 3 is 2.55 bits per heavy atom. The molecular formula is C16H14Cl2N2O2. The van der Waals surface area contributed by atoms with Gasteiger partial charge in [-0.05, 0) is 30.7 Å². The van der Waals surface area contributed by atoms with Crippen LogP contribution >= 0.6 is 23.2 Å². The molecule has 114 valence electrons. The minimum Gasteiger partial charge on any atom is -0.507 e. The molecule has 22 heavy (non-hydrogen) atoms. The highest BCUT2D eigenvalue weighted by molar-refractivity contribution is 6.37. The van der Waals surface area contributed by atoms with Crippen LogP contribution in [0.15, 0.2) is 47.6 Å². The fraction of sp³-hybridized carbons (Fsp3) is 0.125. The molecule has 4 nitrogen and oxygen atoms in total. The summed E-state index contributed by atoms with van der Waals surface area (Å²) in [5.74, 6) is -0.591. The van der Waals surface area contributed by atoms with Crippen molar-refractivity contribution in [3.8, 4) is 5.75 Å². The molecule has 0 aromatic heterocycles. The molecule has 6 heteroatoms. The molecule has 0 spiro atoms. The second kappa shape index (κ2) is 7.29. The van der Waals surface area contributed by atoms with E-state index in [9.17, 15) is 9.90 Å². The minimum atomic E-state index is -0.492. The van der Waals surface area contributed by atoms with Crippen molar-refractivity contribution in [2.75, 3.05) is 0 Å². The highest BCUT2D eigenvalue weighted by Crippen LogP contribution is 2.22. The monoisotopic (exact) mass is 336 g/mol. The SMILES string of the molecule is CC/C(=N\NC(=O)c1ccccc1O)c1ccc(Cl)cc1Cl. The number of benzene rings is 2. The van der Waals surface area contributed by atoms with E-state index in [1.165, 1.54) is 12.1 Å². The molecule has 2 rings (SSSR count). The molecule has 0 heterocycles. The van der Waals surface area contributed by atoms with Gasteiger partial charge in [0.05, 0.1) is 16.3 Å². The summed E-state index contributed by atoms with van der Waals surface area (Å²) in [6.45, 7) is 1.90. The maximum Gasteiger partial charge on any atom is 0.275 e. The Labute approximate surface area is 138 Å². The average molecular weight is 337 g/mol. The second-order valence-corrected chi connectivity index (χ2v) is 5.34. The van der Waals surface area contributed by atoms with E-state index in [1.54, 1.807) is 30.3 Å². The van der Waals surface area contributed by atoms with Crippen LogP contribution < -0.4 is 5.43 Å². The minimum absolute atomic E-state index is 0.0993. The summed E-state index contributed by atoms with van der Waals surface area (Å²) in [6.07, 6.45) is 0.572. The van der Waals surface area contributed by atoms with Crippen LogP contribution in [0.25, 0.3) is 0 Å². The van der Waals surface area contributed by atoms with Gasteiger partial charge in [-0.25, -0.2) is 5.43 Å². The fourth-order valence-electron chi connectivity index (χ4n) is 1.90. The van der Waals surface area contributed by atoms with Crippen LogP contribution in [0.2, 0.25) is 10.0 Å². The molecule has 2 N–H and O–H groups in total. The van der Waals surface area contributed by atoms with E-state index in [-0.39, 0.29) is 11.3 Å². The third-order valence-electron chi connectivity index (χ3n) is 3.02. The van der Waals surface area contributed by atoms with Crippen molar-refractivity contribution in [3.63, 3.8) is 0 Å². The fourth-order valence-corrected chi connectivity index (χ4v) is 2.41. The zero-order valence-electron chi connectivity index (χ0n) is 11.8. The quantitative estimate of drug-likeness (QED) is 0.647. The van der Waals surface area contributed by atoms with E-state index >= 15 is 0 Å². The summed E-state index contributed by atoms with van der Waals surface area (Å²) in [5, 5.41) is 14.7. The van der Waals surface area contributed by atoms with E-state index in [4.69, 9.17) is 23.2 Å². The first kappa shape index (κ1) is 16.3. The van der Waals surface area contributed by atoms with Gasteiger partial charge >= 0.3 is 0 Å². The largest absolute Gasteiger partial charge is 0.507 e. The normalized spacial score (nSPS) is 11.3. The van der Waals surface area contributed by atoms with Crippen molar-refractivity contribution in [1.82, 2.24) is 5.43 Å². The molecule has 0 aliphatic rings. The maximum absolute atomic E-state index is 12.0. The smallest absolute Gasteiger partial charge is 0.275 e. The number of phenols is 1. The topological polar surface area (TPSA) is 61.7 Å². The lowest BCUT2D eigenvalue weighted by Gasteiger charge is -2.08. The number of carbonyl (C=O) groups is 1. The third kappa shape index (κ3) is 3.78. The van der Waals surface area contributed by atoms with Crippen LogP contribution in [-0.4, -0.2) is 16.7 Å². The summed E-state index contributed by atoms with van der Waals surface area (Å²) in [5.41, 5.74) is 3.90. The number of para-hydroxylation sites is 1. The van der Waals surface area contributed by atoms with Crippen LogP contribution in [0.3, 0.4) is 0 Å². The molecule has 0 unspecified atom stereocenters. The number of nitrogens with zero attached hydrogens (tertiary/aromatic N) is 1. The number of rotatable bonds is 4. The summed E-state index contributed by atoms with van der Waals surface area (Å²) in [7, 11) is 0. The lowest BCUT2D eigenvalue weighted by Crippen LogP contribution is -2.20. The van der Waals surface area contributed by atoms with Gasteiger partial charge in [-0.15, -0.1) is 0 Å². The number of phenolic OH excluding ortho intramolecular Hbond substituents is 1. The molecule has 0 saturated heterocycles. The Kier molecular flexibility index (Phi) is 5.41. The number of carbonyl (C=O) groups excluding carboxylic acids is 1. The first-order chi connectivity index (χ1) is 10.5. The lowest BCUT2D eigenvalue weighted by molar-refractivity contribution is 0.0952. The molecule has 0 radical (unpaired) electrons. The summed E-state index contributed by atoms with van der Waals surface area (Å²) < 4.78 is 0. The van der Waals surface area contributed by atoms with E-state index in [0.29, 0.717) is 27.7 Å². The van der Waals surface area contributed by atoms with Crippen molar-refractivity contribution < 1.29 is 9.90 Å². The summed E-state index contributed by atoms with van der Waals surface area (Å²) in [6, 6.07) is 11.3. The highest BCUT2D eigenvalue weighted by atomic mass is 35.5. The van der Waals surface area contributed by atoms with Gasteiger partial charge in [0.2, 0.25) is 0 Å². The molecule has 0 atom stereocenters. The van der Waals surface area contributed by atoms with Crippen LogP contribution in [-0.2, 0) is 0 Å². The van der Waals surface area contributed by atoms with Gasteiger partial charge in [0.15, 0.2) is 0 Å². The molecule has 0 fully saturated rings. The first-order valence-electron chi connectivity index (χ1n) is 6.63. The average Bonchev–Trinajstić information content (AvgIpc) is 2.49. The van der Waals surface area contributed by atoms with Gasteiger partial charge < -0.3 is 5.11 Å². The predicted molar refractivity (Wildman–Crippen MR) is 88.9 cm³/mol. The van der Waals surface area contributed by atoms with Gasteiger partial charge in [0.1, 0.15) is 5.75 Å². The number of hydrogen-bond acceptors (Lipinski definition) is 3. The number of halogens is 2. The molecule has 0 saturated carbocycles. The van der Waals surface area contributed by atoms with Crippen LogP contribution in [0.1, 0.15) is 29.3 Å². The Hall–Kier alpha value is -2.04. The lowest BCUT2D eigenvalue weighted by atomic mass is 10.1. The molecule has 2 aromatic rings. The summed E-state index contributed by atoms with van der Waals surface area (Å²) in [4.78, 5) is 12.0. The van der Waals surface area contributed by atoms with E-state index < -0.39 is 5.91 Å². The van der Waals surface area contributed by atoms with E-state index in [1.807, 2.05) is 6.92 Å². The first-order valence-corrected chi connectivity index (χ1v) is 7.38. The number of aromatic hydroxyl groups is 1. The Morgan fingerprint density at radius 2 is 1.91 bits per heavy atom. The van der Waals surface area contributed by atoms with E-state index in [0.717, 1.165) is 0 Å². The zero-order chi connectivity index (χ0) is 16.1. The number of hydrogen-bond donors (Lipinski definition) is 2. The number of amides is 1. The van der Waals surface area contributed by atoms with E-state index in [2.05, 4.69) is 10.5 Å². The van der Waals surface area contributed by atoms with Gasteiger partial charge in [0.25, 0.3) is 5.91 Å². The van der Waals surface area contributed by atoms with Gasteiger partial charge in [-0.2, -0.15) is 5.10 Å². The predicted octanol–water partition coefficient (Wildman–Crippen LogP) is 4.24. The number of nitrogens with one attached hydrogen (secondary N) is 1. The molecule has 0 bridgehead atoms. The second-order valence-electron chi connectivity index (χ2n) is 4.49.